The molecule has 0 saturated carbocycles. The van der Waals surface area contributed by atoms with Crippen molar-refractivity contribution in [1.82, 2.24) is 0 Å². The maximum absolute atomic E-state index is 13.8. The van der Waals surface area contributed by atoms with Gasteiger partial charge in [-0.15, -0.1) is 0 Å². The highest BCUT2D eigenvalue weighted by Crippen LogP contribution is 2.29. The van der Waals surface area contributed by atoms with Crippen LogP contribution in [0.25, 0.3) is 0 Å². The number of nitrogens with zero attached hydrogens (tertiary/aromatic N) is 1. The molecule has 1 heterocycles. The molecule has 0 unspecified atom stereocenters. The number of hydrogen-bond acceptors (Lipinski definition) is 4. The third-order valence-corrected chi connectivity index (χ3v) is 4.45. The lowest BCUT2D eigenvalue weighted by Crippen LogP contribution is -2.45. The fourth-order valence-electron chi connectivity index (χ4n) is 3.38. The third-order valence-electron chi connectivity index (χ3n) is 4.45. The van der Waals surface area contributed by atoms with E-state index in [0.717, 1.165) is 24.8 Å². The Morgan fingerprint density at radius 1 is 1.04 bits per heavy atom. The van der Waals surface area contributed by atoms with Crippen LogP contribution in [0.4, 0.5) is 21.5 Å². The molecule has 2 aromatic rings. The van der Waals surface area contributed by atoms with Gasteiger partial charge in [0.05, 0.1) is 29.3 Å². The van der Waals surface area contributed by atoms with Crippen LogP contribution >= 0.6 is 0 Å². The minimum atomic E-state index is -0.594. The van der Waals surface area contributed by atoms with Gasteiger partial charge in [-0.05, 0) is 44.2 Å². The molecule has 2 amide bonds. The number of para-hydroxylation sites is 2. The topological polar surface area (TPSA) is 70.7 Å². The second-order valence-electron chi connectivity index (χ2n) is 7.01. The average Bonchev–Trinajstić information content (AvgIpc) is 2.62. The zero-order valence-electron chi connectivity index (χ0n) is 16.2. The Morgan fingerprint density at radius 2 is 1.71 bits per heavy atom. The van der Waals surface area contributed by atoms with E-state index >= 15 is 0 Å². The summed E-state index contributed by atoms with van der Waals surface area (Å²) in [7, 11) is 0. The van der Waals surface area contributed by atoms with E-state index in [-0.39, 0.29) is 29.4 Å². The predicted molar refractivity (Wildman–Crippen MR) is 107 cm³/mol. The standard InChI is InChI=1S/C21H24FN3O3/c1-13-11-25(12-14(2)28-13)20-7-5-4-6-18(20)24-21(27)16-8-9-17(22)19(10-16)23-15(3)26/h4-10,13-14H,11-12H2,1-3H3,(H,23,26)(H,24,27)/t13-,14+. The SMILES string of the molecule is CC(=O)Nc1cc(C(=O)Nc2ccccc2N2C[C@@H](C)O[C@@H](C)C2)ccc1F. The average molecular weight is 385 g/mol. The van der Waals surface area contributed by atoms with Gasteiger partial charge in [-0.3, -0.25) is 9.59 Å². The van der Waals surface area contributed by atoms with Crippen LogP contribution in [-0.2, 0) is 9.53 Å². The number of nitrogens with one attached hydrogen (secondary N) is 2. The summed E-state index contributed by atoms with van der Waals surface area (Å²) in [5.74, 6) is -1.38. The second-order valence-corrected chi connectivity index (χ2v) is 7.01. The van der Waals surface area contributed by atoms with Gasteiger partial charge in [-0.25, -0.2) is 4.39 Å². The molecule has 2 N–H and O–H groups in total. The van der Waals surface area contributed by atoms with E-state index in [2.05, 4.69) is 15.5 Å². The molecule has 1 saturated heterocycles. The molecule has 148 valence electrons. The Kier molecular flexibility index (Phi) is 5.94. The van der Waals surface area contributed by atoms with Gasteiger partial charge >= 0.3 is 0 Å². The lowest BCUT2D eigenvalue weighted by atomic mass is 10.1. The number of rotatable bonds is 4. The van der Waals surface area contributed by atoms with Gasteiger partial charge in [0.15, 0.2) is 0 Å². The molecule has 0 aromatic heterocycles. The third kappa shape index (κ3) is 4.67. The van der Waals surface area contributed by atoms with E-state index in [1.54, 1.807) is 0 Å². The number of anilines is 3. The van der Waals surface area contributed by atoms with Crippen LogP contribution in [0, 0.1) is 5.82 Å². The molecule has 1 fully saturated rings. The maximum Gasteiger partial charge on any atom is 0.255 e. The van der Waals surface area contributed by atoms with Gasteiger partial charge in [0.25, 0.3) is 5.91 Å². The number of morpholine rings is 1. The van der Waals surface area contributed by atoms with Gasteiger partial charge in [0.2, 0.25) is 5.91 Å². The molecule has 6 nitrogen and oxygen atoms in total. The van der Waals surface area contributed by atoms with Crippen LogP contribution in [0.15, 0.2) is 42.5 Å². The molecule has 2 atom stereocenters. The summed E-state index contributed by atoms with van der Waals surface area (Å²) < 4.78 is 19.6. The number of carbonyl (C=O) groups excluding carboxylic acids is 2. The van der Waals surface area contributed by atoms with Gasteiger partial charge in [0, 0.05) is 25.6 Å². The quantitative estimate of drug-likeness (QED) is 0.843. The smallest absolute Gasteiger partial charge is 0.255 e. The fourth-order valence-corrected chi connectivity index (χ4v) is 3.38. The first-order valence-electron chi connectivity index (χ1n) is 9.21. The molecule has 28 heavy (non-hydrogen) atoms. The van der Waals surface area contributed by atoms with Gasteiger partial charge < -0.3 is 20.3 Å². The Balaban J connectivity index is 1.83. The highest BCUT2D eigenvalue weighted by molar-refractivity contribution is 6.06. The molecule has 0 spiro atoms. The van der Waals surface area contributed by atoms with Crippen LogP contribution in [0.3, 0.4) is 0 Å². The van der Waals surface area contributed by atoms with E-state index in [4.69, 9.17) is 4.74 Å². The van der Waals surface area contributed by atoms with Crippen molar-refractivity contribution < 1.29 is 18.7 Å². The summed E-state index contributed by atoms with van der Waals surface area (Å²) in [5, 5.41) is 5.29. The normalized spacial score (nSPS) is 19.2. The van der Waals surface area contributed by atoms with Crippen molar-refractivity contribution in [3.63, 3.8) is 0 Å². The van der Waals surface area contributed by atoms with Crippen molar-refractivity contribution in [1.29, 1.82) is 0 Å². The highest BCUT2D eigenvalue weighted by atomic mass is 19.1. The van der Waals surface area contributed by atoms with Crippen molar-refractivity contribution >= 4 is 28.9 Å². The molecule has 0 radical (unpaired) electrons. The number of halogens is 1. The Bertz CT molecular complexity index is 877. The van der Waals surface area contributed by atoms with E-state index in [0.29, 0.717) is 5.69 Å². The van der Waals surface area contributed by atoms with E-state index in [1.165, 1.54) is 19.1 Å². The molecule has 1 aliphatic rings. The zero-order valence-corrected chi connectivity index (χ0v) is 16.2. The monoisotopic (exact) mass is 385 g/mol. The number of benzene rings is 2. The molecular formula is C21H24FN3O3. The van der Waals surface area contributed by atoms with Crippen molar-refractivity contribution in [2.45, 2.75) is 33.0 Å². The zero-order chi connectivity index (χ0) is 20.3. The summed E-state index contributed by atoms with van der Waals surface area (Å²) in [6, 6.07) is 11.4. The second kappa shape index (κ2) is 8.39. The Morgan fingerprint density at radius 3 is 2.39 bits per heavy atom. The van der Waals surface area contributed by atoms with Crippen molar-refractivity contribution in [2.75, 3.05) is 28.6 Å². The molecule has 3 rings (SSSR count). The highest BCUT2D eigenvalue weighted by Gasteiger charge is 2.24. The summed E-state index contributed by atoms with van der Waals surface area (Å²) >= 11 is 0. The van der Waals surface area contributed by atoms with Gasteiger partial charge in [0.1, 0.15) is 5.82 Å². The first-order valence-corrected chi connectivity index (χ1v) is 9.21. The van der Waals surface area contributed by atoms with Crippen LogP contribution in [-0.4, -0.2) is 37.1 Å². The number of carbonyl (C=O) groups is 2. The van der Waals surface area contributed by atoms with E-state index in [1.807, 2.05) is 38.1 Å². The number of hydrogen-bond donors (Lipinski definition) is 2. The summed E-state index contributed by atoms with van der Waals surface area (Å²) in [5.41, 5.74) is 1.80. The van der Waals surface area contributed by atoms with Crippen molar-refractivity contribution in [3.05, 3.63) is 53.8 Å². The van der Waals surface area contributed by atoms with Gasteiger partial charge in [-0.1, -0.05) is 12.1 Å². The molecule has 1 aliphatic heterocycles. The Labute approximate surface area is 163 Å². The number of ether oxygens (including phenoxy) is 1. The lowest BCUT2D eigenvalue weighted by molar-refractivity contribution is -0.114. The molecule has 0 bridgehead atoms. The lowest BCUT2D eigenvalue weighted by Gasteiger charge is -2.37. The molecule has 0 aliphatic carbocycles. The first kappa shape index (κ1) is 19.8. The van der Waals surface area contributed by atoms with Gasteiger partial charge in [-0.2, -0.15) is 0 Å². The fraction of sp³-hybridized carbons (Fsp3) is 0.333. The van der Waals surface area contributed by atoms with Crippen LogP contribution in [0.5, 0.6) is 0 Å². The molecular weight excluding hydrogens is 361 g/mol. The van der Waals surface area contributed by atoms with Crippen molar-refractivity contribution in [2.24, 2.45) is 0 Å². The Hall–Kier alpha value is -2.93. The van der Waals surface area contributed by atoms with E-state index in [9.17, 15) is 14.0 Å². The maximum atomic E-state index is 13.8. The van der Waals surface area contributed by atoms with E-state index < -0.39 is 11.7 Å². The summed E-state index contributed by atoms with van der Waals surface area (Å²) in [4.78, 5) is 26.1. The summed E-state index contributed by atoms with van der Waals surface area (Å²) in [6.45, 7) is 6.77. The molecule has 7 heteroatoms. The van der Waals surface area contributed by atoms with Crippen LogP contribution < -0.4 is 15.5 Å². The minimum Gasteiger partial charge on any atom is -0.372 e. The van der Waals surface area contributed by atoms with Crippen LogP contribution in [0.2, 0.25) is 0 Å². The minimum absolute atomic E-state index is 0.0238. The number of amides is 2. The predicted octanol–water partition coefficient (Wildman–Crippen LogP) is 3.65. The molecule has 2 aromatic carbocycles. The summed E-state index contributed by atoms with van der Waals surface area (Å²) in [6.07, 6.45) is 0.176. The largest absolute Gasteiger partial charge is 0.372 e. The van der Waals surface area contributed by atoms with Crippen LogP contribution in [0.1, 0.15) is 31.1 Å². The first-order chi connectivity index (χ1) is 13.3. The van der Waals surface area contributed by atoms with Crippen molar-refractivity contribution in [3.8, 4) is 0 Å².